The fourth-order valence-electron chi connectivity index (χ4n) is 1.96. The summed E-state index contributed by atoms with van der Waals surface area (Å²) < 4.78 is 1.94. The molecule has 1 aromatic rings. The van der Waals surface area contributed by atoms with Crippen molar-refractivity contribution in [3.63, 3.8) is 0 Å². The van der Waals surface area contributed by atoms with E-state index in [1.54, 1.807) is 6.20 Å². The molecule has 0 amide bonds. The lowest BCUT2D eigenvalue weighted by molar-refractivity contribution is 0.177. The Hall–Kier alpha value is -1.03. The van der Waals surface area contributed by atoms with E-state index in [9.17, 15) is 5.11 Å². The summed E-state index contributed by atoms with van der Waals surface area (Å²) in [4.78, 5) is 0. The van der Waals surface area contributed by atoms with Crippen LogP contribution in [0.5, 0.6) is 0 Å². The van der Waals surface area contributed by atoms with Crippen LogP contribution in [0.15, 0.2) is 6.20 Å². The molecule has 0 saturated heterocycles. The van der Waals surface area contributed by atoms with Gasteiger partial charge in [-0.3, -0.25) is 4.68 Å². The van der Waals surface area contributed by atoms with Gasteiger partial charge in [-0.1, -0.05) is 0 Å². The van der Waals surface area contributed by atoms with Crippen molar-refractivity contribution in [2.75, 3.05) is 5.73 Å². The highest BCUT2D eigenvalue weighted by Crippen LogP contribution is 2.31. The minimum atomic E-state index is -0.158. The Labute approximate surface area is 77.4 Å². The molecule has 1 fully saturated rings. The fraction of sp³-hybridized carbons (Fsp3) is 0.667. The van der Waals surface area contributed by atoms with Crippen molar-refractivity contribution >= 4 is 5.69 Å². The van der Waals surface area contributed by atoms with Crippen LogP contribution < -0.4 is 5.73 Å². The second-order valence-corrected chi connectivity index (χ2v) is 3.75. The van der Waals surface area contributed by atoms with Gasteiger partial charge in [0.25, 0.3) is 0 Å². The van der Waals surface area contributed by atoms with Gasteiger partial charge in [-0.2, -0.15) is 5.10 Å². The molecule has 0 aliphatic heterocycles. The van der Waals surface area contributed by atoms with Gasteiger partial charge < -0.3 is 10.8 Å². The predicted molar refractivity (Wildman–Crippen MR) is 50.3 cm³/mol. The van der Waals surface area contributed by atoms with E-state index < -0.39 is 0 Å². The molecule has 2 rings (SSSR count). The van der Waals surface area contributed by atoms with Crippen LogP contribution in [0.1, 0.15) is 31.0 Å². The van der Waals surface area contributed by atoms with E-state index >= 15 is 0 Å². The van der Waals surface area contributed by atoms with E-state index in [-0.39, 0.29) is 6.10 Å². The minimum Gasteiger partial charge on any atom is -0.396 e. The monoisotopic (exact) mass is 181 g/mol. The maximum absolute atomic E-state index is 9.39. The van der Waals surface area contributed by atoms with E-state index in [1.807, 2.05) is 11.6 Å². The van der Waals surface area contributed by atoms with Crippen LogP contribution in [-0.2, 0) is 0 Å². The van der Waals surface area contributed by atoms with Crippen LogP contribution in [0.25, 0.3) is 0 Å². The third kappa shape index (κ3) is 1.42. The third-order valence-electron chi connectivity index (χ3n) is 2.81. The van der Waals surface area contributed by atoms with Crippen molar-refractivity contribution in [3.8, 4) is 0 Å². The van der Waals surface area contributed by atoms with Gasteiger partial charge in [-0.15, -0.1) is 0 Å². The molecule has 4 heteroatoms. The van der Waals surface area contributed by atoms with E-state index in [2.05, 4.69) is 5.10 Å². The Morgan fingerprint density at radius 3 is 2.85 bits per heavy atom. The number of hydrogen-bond donors (Lipinski definition) is 2. The maximum Gasteiger partial charge on any atom is 0.0730 e. The maximum atomic E-state index is 9.39. The van der Waals surface area contributed by atoms with Gasteiger partial charge in [0.15, 0.2) is 0 Å². The van der Waals surface area contributed by atoms with Crippen molar-refractivity contribution in [2.45, 2.75) is 38.3 Å². The molecule has 2 atom stereocenters. The number of nitrogens with zero attached hydrogens (tertiary/aromatic N) is 2. The molecule has 1 aliphatic rings. The summed E-state index contributed by atoms with van der Waals surface area (Å²) in [6.07, 6.45) is 4.21. The smallest absolute Gasteiger partial charge is 0.0730 e. The summed E-state index contributed by atoms with van der Waals surface area (Å²) in [5.41, 5.74) is 7.45. The summed E-state index contributed by atoms with van der Waals surface area (Å²) in [6.45, 7) is 1.97. The molecule has 72 valence electrons. The molecule has 0 bridgehead atoms. The highest BCUT2D eigenvalue weighted by molar-refractivity contribution is 5.39. The molecular weight excluding hydrogens is 166 g/mol. The largest absolute Gasteiger partial charge is 0.396 e. The van der Waals surface area contributed by atoms with Crippen LogP contribution in [0, 0.1) is 6.92 Å². The summed E-state index contributed by atoms with van der Waals surface area (Å²) in [7, 11) is 0. The van der Waals surface area contributed by atoms with Gasteiger partial charge in [0, 0.05) is 0 Å². The topological polar surface area (TPSA) is 64.1 Å². The first-order chi connectivity index (χ1) is 6.18. The van der Waals surface area contributed by atoms with Crippen molar-refractivity contribution < 1.29 is 5.11 Å². The Balaban J connectivity index is 2.21. The summed E-state index contributed by atoms with van der Waals surface area (Å²) in [6, 6.07) is 0.340. The summed E-state index contributed by atoms with van der Waals surface area (Å²) >= 11 is 0. The van der Waals surface area contributed by atoms with Crippen molar-refractivity contribution in [1.82, 2.24) is 9.78 Å². The minimum absolute atomic E-state index is 0.158. The average Bonchev–Trinajstić information content (AvgIpc) is 2.62. The number of aliphatic hydroxyl groups excluding tert-OH is 1. The lowest BCUT2D eigenvalue weighted by Gasteiger charge is -2.12. The Kier molecular flexibility index (Phi) is 2.00. The molecule has 0 aromatic carbocycles. The molecule has 13 heavy (non-hydrogen) atoms. The number of aromatic nitrogens is 2. The second-order valence-electron chi connectivity index (χ2n) is 3.75. The van der Waals surface area contributed by atoms with Crippen molar-refractivity contribution in [2.24, 2.45) is 0 Å². The van der Waals surface area contributed by atoms with Crippen molar-refractivity contribution in [1.29, 1.82) is 0 Å². The molecule has 4 nitrogen and oxygen atoms in total. The normalized spacial score (nSPS) is 28.2. The number of nitrogens with two attached hydrogens (primary N) is 1. The molecular formula is C9H15N3O. The lowest BCUT2D eigenvalue weighted by Crippen LogP contribution is -2.10. The fourth-order valence-corrected chi connectivity index (χ4v) is 1.96. The van der Waals surface area contributed by atoms with Gasteiger partial charge in [0.1, 0.15) is 0 Å². The van der Waals surface area contributed by atoms with Crippen molar-refractivity contribution in [3.05, 3.63) is 11.9 Å². The highest BCUT2D eigenvalue weighted by atomic mass is 16.3. The number of aliphatic hydroxyl groups is 1. The molecule has 0 spiro atoms. The highest BCUT2D eigenvalue weighted by Gasteiger charge is 2.25. The Bertz CT molecular complexity index is 308. The number of rotatable bonds is 1. The first-order valence-corrected chi connectivity index (χ1v) is 4.66. The quantitative estimate of drug-likeness (QED) is 0.675. The lowest BCUT2D eigenvalue weighted by atomic mass is 10.2. The number of hydrogen-bond acceptors (Lipinski definition) is 3. The first kappa shape index (κ1) is 8.56. The Morgan fingerprint density at radius 2 is 2.38 bits per heavy atom. The summed E-state index contributed by atoms with van der Waals surface area (Å²) in [5.74, 6) is 0. The standard InChI is InChI=1S/C9H15N3O/c1-6-9(10)5-11-12(6)7-2-3-8(13)4-7/h5,7-8,13H,2-4,10H2,1H3/t7-,8-/m0/s1. The Morgan fingerprint density at radius 1 is 1.62 bits per heavy atom. The zero-order chi connectivity index (χ0) is 9.42. The predicted octanol–water partition coefficient (Wildman–Crippen LogP) is 0.860. The van der Waals surface area contributed by atoms with E-state index in [0.29, 0.717) is 6.04 Å². The zero-order valence-electron chi connectivity index (χ0n) is 7.77. The van der Waals surface area contributed by atoms with Crippen LogP contribution in [0.4, 0.5) is 5.69 Å². The molecule has 1 aromatic heterocycles. The van der Waals surface area contributed by atoms with Gasteiger partial charge in [0.2, 0.25) is 0 Å². The molecule has 3 N–H and O–H groups in total. The number of nitrogen functional groups attached to an aromatic ring is 1. The summed E-state index contributed by atoms with van der Waals surface area (Å²) in [5, 5.41) is 13.6. The number of anilines is 1. The van der Waals surface area contributed by atoms with Gasteiger partial charge in [-0.05, 0) is 26.2 Å². The van der Waals surface area contributed by atoms with Crippen LogP contribution in [0.3, 0.4) is 0 Å². The molecule has 0 radical (unpaired) electrons. The molecule has 1 heterocycles. The molecule has 0 unspecified atom stereocenters. The van der Waals surface area contributed by atoms with E-state index in [0.717, 1.165) is 30.6 Å². The van der Waals surface area contributed by atoms with E-state index in [1.165, 1.54) is 0 Å². The van der Waals surface area contributed by atoms with Crippen LogP contribution in [0.2, 0.25) is 0 Å². The zero-order valence-corrected chi connectivity index (χ0v) is 7.77. The van der Waals surface area contributed by atoms with E-state index in [4.69, 9.17) is 5.73 Å². The van der Waals surface area contributed by atoms with Crippen LogP contribution in [-0.4, -0.2) is 21.0 Å². The van der Waals surface area contributed by atoms with Crippen LogP contribution >= 0.6 is 0 Å². The second kappa shape index (κ2) is 3.03. The van der Waals surface area contributed by atoms with Gasteiger partial charge >= 0.3 is 0 Å². The average molecular weight is 181 g/mol. The van der Waals surface area contributed by atoms with Gasteiger partial charge in [-0.25, -0.2) is 0 Å². The third-order valence-corrected chi connectivity index (χ3v) is 2.81. The molecule has 1 saturated carbocycles. The SMILES string of the molecule is Cc1c(N)cnn1[C@H]1CC[C@H](O)C1. The first-order valence-electron chi connectivity index (χ1n) is 4.66. The van der Waals surface area contributed by atoms with Gasteiger partial charge in [0.05, 0.1) is 29.7 Å². The molecule has 1 aliphatic carbocycles.